The van der Waals surface area contributed by atoms with Crippen LogP contribution in [0.2, 0.25) is 0 Å². The van der Waals surface area contributed by atoms with Gasteiger partial charge in [0.05, 0.1) is 11.4 Å². The summed E-state index contributed by atoms with van der Waals surface area (Å²) in [6.07, 6.45) is 1.02. The summed E-state index contributed by atoms with van der Waals surface area (Å²) < 4.78 is 3.52. The summed E-state index contributed by atoms with van der Waals surface area (Å²) >= 11 is 0. The molecule has 0 fully saturated rings. The molecule has 3 rings (SSSR count). The van der Waals surface area contributed by atoms with Crippen LogP contribution in [0.3, 0.4) is 0 Å². The molecular weight excluding hydrogens is 304 g/mol. The van der Waals surface area contributed by atoms with E-state index in [0.29, 0.717) is 18.7 Å². The highest BCUT2D eigenvalue weighted by atomic mass is 16.1. The third-order valence-electron chi connectivity index (χ3n) is 4.16. The summed E-state index contributed by atoms with van der Waals surface area (Å²) in [5.41, 5.74) is 5.72. The molecule has 7 nitrogen and oxygen atoms in total. The van der Waals surface area contributed by atoms with Crippen molar-refractivity contribution in [1.82, 2.24) is 24.4 Å². The fourth-order valence-electron chi connectivity index (χ4n) is 2.97. The zero-order chi connectivity index (χ0) is 17.4. The molecule has 1 amide bonds. The van der Waals surface area contributed by atoms with Gasteiger partial charge in [0.25, 0.3) is 0 Å². The van der Waals surface area contributed by atoms with Crippen LogP contribution in [0.4, 0.5) is 5.82 Å². The first-order chi connectivity index (χ1) is 11.3. The Labute approximate surface area is 140 Å². The number of nitrogens with one attached hydrogen (secondary N) is 1. The molecule has 0 saturated heterocycles. The van der Waals surface area contributed by atoms with Crippen LogP contribution in [0, 0.1) is 27.7 Å². The molecule has 126 valence electrons. The zero-order valence-corrected chi connectivity index (χ0v) is 14.7. The summed E-state index contributed by atoms with van der Waals surface area (Å²) in [7, 11) is 1.81. The van der Waals surface area contributed by atoms with Crippen molar-refractivity contribution in [3.05, 3.63) is 40.5 Å². The van der Waals surface area contributed by atoms with E-state index >= 15 is 0 Å². The molecule has 1 N–H and O–H groups in total. The van der Waals surface area contributed by atoms with Crippen molar-refractivity contribution in [3.63, 3.8) is 0 Å². The molecule has 0 saturated carbocycles. The van der Waals surface area contributed by atoms with Gasteiger partial charge >= 0.3 is 0 Å². The molecule has 0 bridgehead atoms. The number of carbonyl (C=O) groups is 1. The van der Waals surface area contributed by atoms with Gasteiger partial charge in [0, 0.05) is 37.0 Å². The van der Waals surface area contributed by atoms with Crippen LogP contribution in [-0.2, 0) is 18.3 Å². The average molecular weight is 326 g/mol. The molecule has 0 spiro atoms. The van der Waals surface area contributed by atoms with Gasteiger partial charge in [0.15, 0.2) is 5.65 Å². The molecule has 0 aromatic carbocycles. The second-order valence-corrected chi connectivity index (χ2v) is 6.16. The number of carbonyl (C=O) groups excluding carboxylic acids is 1. The topological polar surface area (TPSA) is 77.1 Å². The van der Waals surface area contributed by atoms with Crippen LogP contribution in [0.1, 0.15) is 34.8 Å². The number of hydrogen-bond donors (Lipinski definition) is 1. The monoisotopic (exact) mass is 326 g/mol. The van der Waals surface area contributed by atoms with E-state index in [-0.39, 0.29) is 5.91 Å². The number of aromatic nitrogens is 5. The molecule has 24 heavy (non-hydrogen) atoms. The minimum absolute atomic E-state index is 0.0338. The van der Waals surface area contributed by atoms with Gasteiger partial charge < -0.3 is 5.32 Å². The minimum Gasteiger partial charge on any atom is -0.311 e. The summed E-state index contributed by atoms with van der Waals surface area (Å²) in [4.78, 5) is 16.8. The fourth-order valence-corrected chi connectivity index (χ4v) is 2.97. The lowest BCUT2D eigenvalue weighted by Gasteiger charge is -2.11. The Balaban J connectivity index is 1.75. The van der Waals surface area contributed by atoms with Crippen molar-refractivity contribution >= 4 is 17.4 Å². The molecule has 0 aliphatic rings. The van der Waals surface area contributed by atoms with Crippen molar-refractivity contribution in [2.24, 2.45) is 7.05 Å². The van der Waals surface area contributed by atoms with E-state index in [1.165, 1.54) is 0 Å². The first-order valence-corrected chi connectivity index (χ1v) is 7.98. The number of anilines is 1. The third-order valence-corrected chi connectivity index (χ3v) is 4.16. The van der Waals surface area contributed by atoms with E-state index in [9.17, 15) is 4.79 Å². The largest absolute Gasteiger partial charge is 0.311 e. The van der Waals surface area contributed by atoms with Crippen LogP contribution in [0.5, 0.6) is 0 Å². The Morgan fingerprint density at radius 3 is 2.50 bits per heavy atom. The highest BCUT2D eigenvalue weighted by molar-refractivity contribution is 5.90. The maximum atomic E-state index is 12.2. The number of hydrogen-bond acceptors (Lipinski definition) is 4. The summed E-state index contributed by atoms with van der Waals surface area (Å²) in [5, 5.41) is 11.6. The second-order valence-electron chi connectivity index (χ2n) is 6.16. The van der Waals surface area contributed by atoms with Crippen molar-refractivity contribution in [2.45, 2.75) is 40.5 Å². The smallest absolute Gasteiger partial charge is 0.225 e. The highest BCUT2D eigenvalue weighted by Gasteiger charge is 2.13. The molecular formula is C17H22N6O. The maximum Gasteiger partial charge on any atom is 0.225 e. The molecule has 3 heterocycles. The number of amides is 1. The molecule has 0 aliphatic carbocycles. The Morgan fingerprint density at radius 2 is 1.83 bits per heavy atom. The van der Waals surface area contributed by atoms with E-state index < -0.39 is 0 Å². The first kappa shape index (κ1) is 16.2. The van der Waals surface area contributed by atoms with Gasteiger partial charge in [-0.25, -0.2) is 9.50 Å². The van der Waals surface area contributed by atoms with Crippen LogP contribution in [0.25, 0.3) is 5.65 Å². The quantitative estimate of drug-likeness (QED) is 0.798. The van der Waals surface area contributed by atoms with E-state index in [2.05, 4.69) is 20.5 Å². The van der Waals surface area contributed by atoms with Crippen molar-refractivity contribution in [1.29, 1.82) is 0 Å². The normalized spacial score (nSPS) is 11.2. The first-order valence-electron chi connectivity index (χ1n) is 7.98. The Morgan fingerprint density at radius 1 is 1.12 bits per heavy atom. The zero-order valence-electron chi connectivity index (χ0n) is 14.7. The Bertz CT molecular complexity index is 921. The molecule has 3 aromatic heterocycles. The summed E-state index contributed by atoms with van der Waals surface area (Å²) in [6.45, 7) is 7.85. The lowest BCUT2D eigenvalue weighted by molar-refractivity contribution is -0.116. The van der Waals surface area contributed by atoms with E-state index in [1.54, 1.807) is 4.68 Å². The van der Waals surface area contributed by atoms with E-state index in [4.69, 9.17) is 0 Å². The average Bonchev–Trinajstić information content (AvgIpc) is 3.00. The van der Waals surface area contributed by atoms with Crippen LogP contribution >= 0.6 is 0 Å². The second kappa shape index (κ2) is 6.07. The SMILES string of the molecule is Cc1cc(NC(=O)CCc2c(C)nc3cc(C)nn3c2C)n(C)n1. The van der Waals surface area contributed by atoms with E-state index in [1.807, 2.05) is 51.4 Å². The maximum absolute atomic E-state index is 12.2. The molecule has 0 atom stereocenters. The van der Waals surface area contributed by atoms with Gasteiger partial charge in [-0.3, -0.25) is 9.48 Å². The predicted molar refractivity (Wildman–Crippen MR) is 92.1 cm³/mol. The fraction of sp³-hybridized carbons (Fsp3) is 0.412. The van der Waals surface area contributed by atoms with Crippen molar-refractivity contribution < 1.29 is 4.79 Å². The lowest BCUT2D eigenvalue weighted by atomic mass is 10.1. The predicted octanol–water partition coefficient (Wildman–Crippen LogP) is 2.27. The van der Waals surface area contributed by atoms with Gasteiger partial charge in [-0.2, -0.15) is 10.2 Å². The molecule has 0 unspecified atom stereocenters. The minimum atomic E-state index is -0.0338. The Hall–Kier alpha value is -2.70. The highest BCUT2D eigenvalue weighted by Crippen LogP contribution is 2.17. The number of fused-ring (bicyclic) bond motifs is 1. The van der Waals surface area contributed by atoms with Crippen molar-refractivity contribution in [3.8, 4) is 0 Å². The molecule has 0 aliphatic heterocycles. The molecule has 0 radical (unpaired) electrons. The number of nitrogens with zero attached hydrogens (tertiary/aromatic N) is 5. The summed E-state index contributed by atoms with van der Waals surface area (Å²) in [6, 6.07) is 3.82. The van der Waals surface area contributed by atoms with Crippen LogP contribution in [-0.4, -0.2) is 30.3 Å². The molecule has 3 aromatic rings. The molecule has 7 heteroatoms. The standard InChI is InChI=1S/C17H22N6O/c1-10-8-15(22(5)20-10)19-17(24)7-6-14-12(3)18-16-9-11(2)21-23(16)13(14)4/h8-9H,6-7H2,1-5H3,(H,19,24). The number of aryl methyl sites for hydroxylation is 5. The van der Waals surface area contributed by atoms with Crippen LogP contribution < -0.4 is 5.32 Å². The lowest BCUT2D eigenvalue weighted by Crippen LogP contribution is -2.16. The van der Waals surface area contributed by atoms with Gasteiger partial charge in [0.1, 0.15) is 5.82 Å². The third kappa shape index (κ3) is 3.02. The number of rotatable bonds is 4. The van der Waals surface area contributed by atoms with Crippen molar-refractivity contribution in [2.75, 3.05) is 5.32 Å². The van der Waals surface area contributed by atoms with Gasteiger partial charge in [0.2, 0.25) is 5.91 Å². The summed E-state index contributed by atoms with van der Waals surface area (Å²) in [5.74, 6) is 0.677. The van der Waals surface area contributed by atoms with Crippen LogP contribution in [0.15, 0.2) is 12.1 Å². The van der Waals surface area contributed by atoms with E-state index in [0.717, 1.165) is 34.0 Å². The van der Waals surface area contributed by atoms with Gasteiger partial charge in [-0.15, -0.1) is 0 Å². The van der Waals surface area contributed by atoms with Gasteiger partial charge in [-0.1, -0.05) is 0 Å². The Kier molecular flexibility index (Phi) is 4.09. The van der Waals surface area contributed by atoms with Gasteiger partial charge in [-0.05, 0) is 39.7 Å².